The Morgan fingerprint density at radius 2 is 1.89 bits per heavy atom. The van der Waals surface area contributed by atoms with Gasteiger partial charge < -0.3 is 10.8 Å². The van der Waals surface area contributed by atoms with Crippen LogP contribution in [-0.2, 0) is 0 Å². The second-order valence-corrected chi connectivity index (χ2v) is 3.62. The number of carbonyl (C=O) groups excluding carboxylic acids is 1. The van der Waals surface area contributed by atoms with E-state index in [-0.39, 0.29) is 22.5 Å². The summed E-state index contributed by atoms with van der Waals surface area (Å²) in [7, 11) is 0. The van der Waals surface area contributed by atoms with E-state index >= 15 is 0 Å². The molecular weight excluding hydrogens is 232 g/mol. The average Bonchev–Trinajstić information content (AvgIpc) is 2.38. The first-order chi connectivity index (χ1) is 8.61. The summed E-state index contributed by atoms with van der Waals surface area (Å²) in [5.74, 6) is -1.69. The van der Waals surface area contributed by atoms with Gasteiger partial charge in [-0.15, -0.1) is 0 Å². The number of anilines is 1. The number of ketones is 1. The van der Waals surface area contributed by atoms with Crippen molar-refractivity contribution in [1.82, 2.24) is 4.98 Å². The number of aromatic nitrogens is 1. The molecule has 18 heavy (non-hydrogen) atoms. The molecule has 5 heteroatoms. The zero-order valence-corrected chi connectivity index (χ0v) is 9.33. The number of rotatable bonds is 3. The lowest BCUT2D eigenvalue weighted by Gasteiger charge is -2.07. The molecule has 5 nitrogen and oxygen atoms in total. The zero-order chi connectivity index (χ0) is 13.1. The number of benzene rings is 1. The molecule has 0 bridgehead atoms. The van der Waals surface area contributed by atoms with E-state index in [2.05, 4.69) is 4.98 Å². The fourth-order valence-corrected chi connectivity index (χ4v) is 1.63. The van der Waals surface area contributed by atoms with Crippen LogP contribution in [0.15, 0.2) is 42.6 Å². The highest BCUT2D eigenvalue weighted by Crippen LogP contribution is 2.20. The minimum Gasteiger partial charge on any atom is -0.478 e. The molecule has 0 saturated heterocycles. The second-order valence-electron chi connectivity index (χ2n) is 3.62. The fraction of sp³-hybridized carbons (Fsp3) is 0. The van der Waals surface area contributed by atoms with Crippen LogP contribution in [0.5, 0.6) is 0 Å². The molecule has 1 heterocycles. The molecule has 3 N–H and O–H groups in total. The smallest absolute Gasteiger partial charge is 0.336 e. The Balaban J connectivity index is 2.58. The van der Waals surface area contributed by atoms with Crippen LogP contribution in [0.25, 0.3) is 0 Å². The van der Waals surface area contributed by atoms with Gasteiger partial charge in [-0.3, -0.25) is 9.78 Å². The quantitative estimate of drug-likeness (QED) is 0.629. The molecule has 0 spiro atoms. The Morgan fingerprint density at radius 1 is 1.11 bits per heavy atom. The standard InChI is InChI=1S/C13H10N2O3/c14-9-5-3-4-8(13(17)18)11(9)12(16)10-6-1-2-7-15-10/h1-7H,14H2,(H,17,18). The van der Waals surface area contributed by atoms with Crippen LogP contribution in [0.1, 0.15) is 26.4 Å². The van der Waals surface area contributed by atoms with Gasteiger partial charge in [0.1, 0.15) is 5.69 Å². The molecular formula is C13H10N2O3. The van der Waals surface area contributed by atoms with Gasteiger partial charge in [-0.05, 0) is 24.3 Å². The van der Waals surface area contributed by atoms with E-state index in [1.807, 2.05) is 0 Å². The molecule has 90 valence electrons. The topological polar surface area (TPSA) is 93.3 Å². The lowest BCUT2D eigenvalue weighted by molar-refractivity contribution is 0.0693. The Morgan fingerprint density at radius 3 is 2.50 bits per heavy atom. The van der Waals surface area contributed by atoms with Gasteiger partial charge >= 0.3 is 5.97 Å². The van der Waals surface area contributed by atoms with Crippen molar-refractivity contribution in [3.8, 4) is 0 Å². The number of carboxylic acids is 1. The largest absolute Gasteiger partial charge is 0.478 e. The first-order valence-corrected chi connectivity index (χ1v) is 5.19. The van der Waals surface area contributed by atoms with E-state index < -0.39 is 11.8 Å². The van der Waals surface area contributed by atoms with Crippen molar-refractivity contribution in [2.45, 2.75) is 0 Å². The SMILES string of the molecule is Nc1cccc(C(=O)O)c1C(=O)c1ccccn1. The van der Waals surface area contributed by atoms with E-state index in [4.69, 9.17) is 10.8 Å². The van der Waals surface area contributed by atoms with Gasteiger partial charge in [0.15, 0.2) is 0 Å². The minimum atomic E-state index is -1.19. The Hall–Kier alpha value is -2.69. The monoisotopic (exact) mass is 242 g/mol. The molecule has 0 aliphatic rings. The van der Waals surface area contributed by atoms with Crippen LogP contribution in [0.2, 0.25) is 0 Å². The summed E-state index contributed by atoms with van der Waals surface area (Å²) in [6.45, 7) is 0. The first-order valence-electron chi connectivity index (χ1n) is 5.19. The summed E-state index contributed by atoms with van der Waals surface area (Å²) in [4.78, 5) is 27.2. The van der Waals surface area contributed by atoms with Crippen LogP contribution < -0.4 is 5.73 Å². The molecule has 0 unspecified atom stereocenters. The third-order valence-corrected chi connectivity index (χ3v) is 2.45. The van der Waals surface area contributed by atoms with Gasteiger partial charge in [0.25, 0.3) is 0 Å². The Bertz CT molecular complexity index is 609. The number of carboxylic acid groups (broad SMARTS) is 1. The molecule has 0 radical (unpaired) electrons. The molecule has 2 aromatic rings. The molecule has 0 fully saturated rings. The van der Waals surface area contributed by atoms with Gasteiger partial charge in [-0.2, -0.15) is 0 Å². The molecule has 0 atom stereocenters. The van der Waals surface area contributed by atoms with Crippen LogP contribution >= 0.6 is 0 Å². The van der Waals surface area contributed by atoms with E-state index in [0.29, 0.717) is 0 Å². The Labute approximate surface area is 103 Å². The summed E-state index contributed by atoms with van der Waals surface area (Å²) < 4.78 is 0. The first kappa shape index (κ1) is 11.8. The summed E-state index contributed by atoms with van der Waals surface area (Å²) in [5.41, 5.74) is 5.84. The molecule has 0 saturated carbocycles. The van der Waals surface area contributed by atoms with Crippen molar-refractivity contribution in [2.75, 3.05) is 5.73 Å². The number of carbonyl (C=O) groups is 2. The predicted octanol–water partition coefficient (Wildman–Crippen LogP) is 1.59. The van der Waals surface area contributed by atoms with Gasteiger partial charge in [-0.25, -0.2) is 4.79 Å². The van der Waals surface area contributed by atoms with Crippen molar-refractivity contribution in [3.05, 3.63) is 59.4 Å². The van der Waals surface area contributed by atoms with E-state index in [1.165, 1.54) is 30.5 Å². The molecule has 1 aromatic heterocycles. The van der Waals surface area contributed by atoms with Gasteiger partial charge in [0, 0.05) is 11.9 Å². The number of hydrogen-bond acceptors (Lipinski definition) is 4. The summed E-state index contributed by atoms with van der Waals surface area (Å²) in [6.07, 6.45) is 1.47. The highest BCUT2D eigenvalue weighted by Gasteiger charge is 2.21. The maximum Gasteiger partial charge on any atom is 0.336 e. The minimum absolute atomic E-state index is 0.0244. The maximum absolute atomic E-state index is 12.2. The van der Waals surface area contributed by atoms with Gasteiger partial charge in [-0.1, -0.05) is 12.1 Å². The van der Waals surface area contributed by atoms with Crippen molar-refractivity contribution in [1.29, 1.82) is 0 Å². The summed E-state index contributed by atoms with van der Waals surface area (Å²) in [6, 6.07) is 9.16. The van der Waals surface area contributed by atoms with Crippen molar-refractivity contribution in [2.24, 2.45) is 0 Å². The lowest BCUT2D eigenvalue weighted by atomic mass is 9.99. The summed E-state index contributed by atoms with van der Waals surface area (Å²) in [5, 5.41) is 9.06. The predicted molar refractivity (Wildman–Crippen MR) is 65.5 cm³/mol. The second kappa shape index (κ2) is 4.67. The lowest BCUT2D eigenvalue weighted by Crippen LogP contribution is -2.13. The van der Waals surface area contributed by atoms with E-state index in [1.54, 1.807) is 12.1 Å². The number of nitrogens with two attached hydrogens (primary N) is 1. The Kier molecular flexibility index (Phi) is 3.05. The van der Waals surface area contributed by atoms with E-state index in [0.717, 1.165) is 0 Å². The zero-order valence-electron chi connectivity index (χ0n) is 9.33. The molecule has 0 amide bonds. The molecule has 0 aliphatic heterocycles. The van der Waals surface area contributed by atoms with Gasteiger partial charge in [0.05, 0.1) is 11.1 Å². The number of pyridine rings is 1. The third kappa shape index (κ3) is 2.06. The molecule has 1 aromatic carbocycles. The molecule has 0 aliphatic carbocycles. The molecule has 2 rings (SSSR count). The maximum atomic E-state index is 12.2. The summed E-state index contributed by atoms with van der Waals surface area (Å²) >= 11 is 0. The normalized spacial score (nSPS) is 10.0. The van der Waals surface area contributed by atoms with Gasteiger partial charge in [0.2, 0.25) is 5.78 Å². The highest BCUT2D eigenvalue weighted by molar-refractivity contribution is 6.16. The van der Waals surface area contributed by atoms with Crippen LogP contribution in [-0.4, -0.2) is 21.8 Å². The number of nitrogen functional groups attached to an aromatic ring is 1. The highest BCUT2D eigenvalue weighted by atomic mass is 16.4. The van der Waals surface area contributed by atoms with Crippen molar-refractivity contribution >= 4 is 17.4 Å². The van der Waals surface area contributed by atoms with E-state index in [9.17, 15) is 9.59 Å². The van der Waals surface area contributed by atoms with Crippen LogP contribution in [0, 0.1) is 0 Å². The number of nitrogens with zero attached hydrogens (tertiary/aromatic N) is 1. The number of aromatic carboxylic acids is 1. The van der Waals surface area contributed by atoms with Crippen LogP contribution in [0.4, 0.5) is 5.69 Å². The fourth-order valence-electron chi connectivity index (χ4n) is 1.63. The van der Waals surface area contributed by atoms with Crippen LogP contribution in [0.3, 0.4) is 0 Å². The third-order valence-electron chi connectivity index (χ3n) is 2.45. The number of hydrogen-bond donors (Lipinski definition) is 2. The average molecular weight is 242 g/mol. The van der Waals surface area contributed by atoms with Crippen molar-refractivity contribution in [3.63, 3.8) is 0 Å². The van der Waals surface area contributed by atoms with Crippen molar-refractivity contribution < 1.29 is 14.7 Å².